The first-order valence-corrected chi connectivity index (χ1v) is 9.60. The van der Waals surface area contributed by atoms with Gasteiger partial charge in [0, 0.05) is 10.0 Å². The van der Waals surface area contributed by atoms with Crippen molar-refractivity contribution in [2.45, 2.75) is 13.0 Å². The number of halogens is 2. The van der Waals surface area contributed by atoms with Crippen LogP contribution >= 0.6 is 23.2 Å². The van der Waals surface area contributed by atoms with Crippen LogP contribution in [0.4, 0.5) is 0 Å². The molecule has 8 heteroatoms. The van der Waals surface area contributed by atoms with Gasteiger partial charge in [0.2, 0.25) is 0 Å². The van der Waals surface area contributed by atoms with Crippen LogP contribution in [0.1, 0.15) is 29.1 Å². The summed E-state index contributed by atoms with van der Waals surface area (Å²) in [6.07, 6.45) is 1.49. The largest absolute Gasteiger partial charge is 0.459 e. The highest BCUT2D eigenvalue weighted by atomic mass is 35.5. The highest BCUT2D eigenvalue weighted by molar-refractivity contribution is 6.35. The zero-order chi connectivity index (χ0) is 19.4. The highest BCUT2D eigenvalue weighted by Gasteiger charge is 2.27. The minimum Gasteiger partial charge on any atom is -0.459 e. The molecule has 0 bridgehead atoms. The Morgan fingerprint density at radius 2 is 2.00 bits per heavy atom. The molecule has 0 radical (unpaired) electrons. The summed E-state index contributed by atoms with van der Waals surface area (Å²) in [5.74, 6) is 0.202. The molecule has 2 aromatic rings. The molecule has 27 heavy (non-hydrogen) atoms. The zero-order valence-corrected chi connectivity index (χ0v) is 16.5. The number of piperazine rings is 1. The SMILES string of the molecule is C[C@H](NC(=O)C[NH+]1CCN(C(=O)c2ccco2)CC1)c1ccc(Cl)cc1Cl. The maximum Gasteiger partial charge on any atom is 0.289 e. The summed E-state index contributed by atoms with van der Waals surface area (Å²) in [7, 11) is 0. The number of amides is 2. The number of hydrogen-bond donors (Lipinski definition) is 2. The van der Waals surface area contributed by atoms with E-state index in [9.17, 15) is 9.59 Å². The lowest BCUT2D eigenvalue weighted by molar-refractivity contribution is -0.896. The van der Waals surface area contributed by atoms with Crippen LogP contribution in [0, 0.1) is 0 Å². The molecular weight excluding hydrogens is 389 g/mol. The predicted octanol–water partition coefficient (Wildman–Crippen LogP) is 1.80. The average molecular weight is 411 g/mol. The fourth-order valence-corrected chi connectivity index (χ4v) is 3.78. The molecule has 2 amide bonds. The quantitative estimate of drug-likeness (QED) is 0.789. The Morgan fingerprint density at radius 1 is 1.26 bits per heavy atom. The van der Waals surface area contributed by atoms with Crippen molar-refractivity contribution in [2.75, 3.05) is 32.7 Å². The number of nitrogens with one attached hydrogen (secondary N) is 2. The van der Waals surface area contributed by atoms with Crippen LogP contribution in [0.15, 0.2) is 41.0 Å². The summed E-state index contributed by atoms with van der Waals surface area (Å²) in [5, 5.41) is 4.08. The topological polar surface area (TPSA) is 67.0 Å². The molecule has 144 valence electrons. The molecular formula is C19H22Cl2N3O3+. The van der Waals surface area contributed by atoms with Crippen LogP contribution < -0.4 is 10.2 Å². The van der Waals surface area contributed by atoms with Gasteiger partial charge in [0.15, 0.2) is 12.3 Å². The van der Waals surface area contributed by atoms with E-state index in [4.69, 9.17) is 27.6 Å². The third-order valence-electron chi connectivity index (χ3n) is 4.71. The van der Waals surface area contributed by atoms with Gasteiger partial charge in [-0.3, -0.25) is 9.59 Å². The molecule has 0 saturated carbocycles. The second-order valence-corrected chi connectivity index (χ2v) is 7.49. The lowest BCUT2D eigenvalue weighted by atomic mass is 10.1. The number of nitrogens with zero attached hydrogens (tertiary/aromatic N) is 1. The fraction of sp³-hybridized carbons (Fsp3) is 0.368. The van der Waals surface area contributed by atoms with E-state index in [0.29, 0.717) is 35.4 Å². The van der Waals surface area contributed by atoms with Crippen molar-refractivity contribution in [1.82, 2.24) is 10.2 Å². The van der Waals surface area contributed by atoms with Gasteiger partial charge in [-0.15, -0.1) is 0 Å². The van der Waals surface area contributed by atoms with Gasteiger partial charge >= 0.3 is 0 Å². The number of carbonyl (C=O) groups is 2. The summed E-state index contributed by atoms with van der Waals surface area (Å²) in [5.41, 5.74) is 0.832. The number of rotatable bonds is 5. The Kier molecular flexibility index (Phi) is 6.42. The number of benzene rings is 1. The number of hydrogen-bond acceptors (Lipinski definition) is 3. The highest BCUT2D eigenvalue weighted by Crippen LogP contribution is 2.25. The van der Waals surface area contributed by atoms with E-state index in [1.165, 1.54) is 6.26 Å². The third kappa shape index (κ3) is 5.03. The van der Waals surface area contributed by atoms with Crippen molar-refractivity contribution in [3.63, 3.8) is 0 Å². The molecule has 1 aromatic heterocycles. The number of furan rings is 1. The molecule has 6 nitrogen and oxygen atoms in total. The molecule has 0 unspecified atom stereocenters. The summed E-state index contributed by atoms with van der Waals surface area (Å²) in [4.78, 5) is 27.6. The van der Waals surface area contributed by atoms with Crippen LogP contribution in [0.2, 0.25) is 10.0 Å². The second kappa shape index (κ2) is 8.78. The van der Waals surface area contributed by atoms with Gasteiger partial charge in [0.25, 0.3) is 11.8 Å². The molecule has 0 aliphatic carbocycles. The molecule has 2 heterocycles. The van der Waals surface area contributed by atoms with Crippen molar-refractivity contribution in [3.05, 3.63) is 58.0 Å². The van der Waals surface area contributed by atoms with Gasteiger partial charge in [0.1, 0.15) is 0 Å². The minimum atomic E-state index is -0.205. The van der Waals surface area contributed by atoms with E-state index in [-0.39, 0.29) is 17.9 Å². The van der Waals surface area contributed by atoms with Gasteiger partial charge in [-0.2, -0.15) is 0 Å². The zero-order valence-electron chi connectivity index (χ0n) is 15.0. The number of quaternary nitrogens is 1. The molecule has 1 saturated heterocycles. The van der Waals surface area contributed by atoms with Crippen molar-refractivity contribution in [1.29, 1.82) is 0 Å². The first-order valence-electron chi connectivity index (χ1n) is 8.84. The van der Waals surface area contributed by atoms with E-state index >= 15 is 0 Å². The lowest BCUT2D eigenvalue weighted by Crippen LogP contribution is -3.15. The average Bonchev–Trinajstić information content (AvgIpc) is 3.16. The molecule has 1 aliphatic heterocycles. The second-order valence-electron chi connectivity index (χ2n) is 6.65. The van der Waals surface area contributed by atoms with E-state index in [1.807, 2.05) is 13.0 Å². The van der Waals surface area contributed by atoms with Crippen molar-refractivity contribution >= 4 is 35.0 Å². The van der Waals surface area contributed by atoms with Gasteiger partial charge in [0.05, 0.1) is 38.5 Å². The first kappa shape index (κ1) is 19.7. The molecule has 2 N–H and O–H groups in total. The van der Waals surface area contributed by atoms with Crippen LogP contribution in [-0.2, 0) is 4.79 Å². The summed E-state index contributed by atoms with van der Waals surface area (Å²) >= 11 is 12.1. The number of carbonyl (C=O) groups excluding carboxylic acids is 2. The monoisotopic (exact) mass is 410 g/mol. The van der Waals surface area contributed by atoms with Gasteiger partial charge < -0.3 is 19.5 Å². The normalized spacial score (nSPS) is 16.2. The summed E-state index contributed by atoms with van der Waals surface area (Å²) < 4.78 is 5.16. The van der Waals surface area contributed by atoms with E-state index < -0.39 is 0 Å². The van der Waals surface area contributed by atoms with Crippen LogP contribution in [-0.4, -0.2) is 49.4 Å². The van der Waals surface area contributed by atoms with E-state index in [2.05, 4.69) is 5.32 Å². The molecule has 3 rings (SSSR count). The predicted molar refractivity (Wildman–Crippen MR) is 103 cm³/mol. The standard InChI is InChI=1S/C19H21Cl2N3O3/c1-13(15-5-4-14(20)11-16(15)21)22-18(25)12-23-6-8-24(9-7-23)19(26)17-3-2-10-27-17/h2-5,10-11,13H,6-9,12H2,1H3,(H,22,25)/p+1/t13-/m0/s1. The smallest absolute Gasteiger partial charge is 0.289 e. The molecule has 1 aliphatic rings. The maximum atomic E-state index is 12.4. The Bertz CT molecular complexity index is 803. The third-order valence-corrected chi connectivity index (χ3v) is 5.27. The molecule has 0 spiro atoms. The van der Waals surface area contributed by atoms with Crippen molar-refractivity contribution in [2.24, 2.45) is 0 Å². The van der Waals surface area contributed by atoms with Gasteiger partial charge in [-0.25, -0.2) is 0 Å². The lowest BCUT2D eigenvalue weighted by Gasteiger charge is -2.31. The van der Waals surface area contributed by atoms with Crippen molar-refractivity contribution in [3.8, 4) is 0 Å². The Labute approximate surface area is 168 Å². The Morgan fingerprint density at radius 3 is 2.63 bits per heavy atom. The van der Waals surface area contributed by atoms with Gasteiger partial charge in [-0.05, 0) is 36.8 Å². The van der Waals surface area contributed by atoms with E-state index in [1.54, 1.807) is 29.2 Å². The van der Waals surface area contributed by atoms with E-state index in [0.717, 1.165) is 23.6 Å². The Balaban J connectivity index is 1.47. The first-order chi connectivity index (χ1) is 12.9. The van der Waals surface area contributed by atoms with Gasteiger partial charge in [-0.1, -0.05) is 29.3 Å². The van der Waals surface area contributed by atoms with Crippen LogP contribution in [0.3, 0.4) is 0 Å². The van der Waals surface area contributed by atoms with Crippen LogP contribution in [0.5, 0.6) is 0 Å². The maximum absolute atomic E-state index is 12.4. The summed E-state index contributed by atoms with van der Waals surface area (Å²) in [6.45, 7) is 4.88. The minimum absolute atomic E-state index is 0.0469. The molecule has 1 fully saturated rings. The van der Waals surface area contributed by atoms with Crippen molar-refractivity contribution < 1.29 is 18.9 Å². The fourth-order valence-electron chi connectivity index (χ4n) is 3.21. The summed E-state index contributed by atoms with van der Waals surface area (Å²) in [6, 6.07) is 8.41. The molecule has 1 atom stereocenters. The molecule has 1 aromatic carbocycles. The Hall–Kier alpha value is -2.02. The van der Waals surface area contributed by atoms with Crippen LogP contribution in [0.25, 0.3) is 0 Å².